The van der Waals surface area contributed by atoms with E-state index in [2.05, 4.69) is 37.4 Å². The second-order valence-electron chi connectivity index (χ2n) is 8.43. The highest BCUT2D eigenvalue weighted by atomic mass is 32.1. The van der Waals surface area contributed by atoms with E-state index in [1.54, 1.807) is 0 Å². The third kappa shape index (κ3) is 3.26. The molecule has 1 atom stereocenters. The molecule has 1 aliphatic carbocycles. The quantitative estimate of drug-likeness (QED) is 0.513. The van der Waals surface area contributed by atoms with Crippen LogP contribution in [0.25, 0.3) is 16.0 Å². The first kappa shape index (κ1) is 19.4. The Bertz CT molecular complexity index is 1380. The smallest absolute Gasteiger partial charge is 0.348 e. The van der Waals surface area contributed by atoms with Crippen LogP contribution in [-0.4, -0.2) is 43.1 Å². The normalized spacial score (nSPS) is 18.4. The number of benzene rings is 1. The number of nitrogens with one attached hydrogen (secondary N) is 1. The van der Waals surface area contributed by atoms with Crippen LogP contribution in [0.5, 0.6) is 0 Å². The van der Waals surface area contributed by atoms with E-state index in [-0.39, 0.29) is 24.2 Å². The van der Waals surface area contributed by atoms with Crippen molar-refractivity contribution in [2.24, 2.45) is 0 Å². The maximum Gasteiger partial charge on any atom is 0.352 e. The van der Waals surface area contributed by atoms with Crippen LogP contribution >= 0.6 is 11.3 Å². The van der Waals surface area contributed by atoms with Crippen molar-refractivity contribution < 1.29 is 4.79 Å². The van der Waals surface area contributed by atoms with Crippen LogP contribution in [0.4, 0.5) is 5.13 Å². The third-order valence-electron chi connectivity index (χ3n) is 6.36. The monoisotopic (exact) mass is 449 g/mol. The van der Waals surface area contributed by atoms with E-state index < -0.39 is 0 Å². The van der Waals surface area contributed by atoms with E-state index in [9.17, 15) is 9.59 Å². The van der Waals surface area contributed by atoms with Crippen molar-refractivity contribution in [3.05, 3.63) is 52.2 Å². The Labute approximate surface area is 187 Å². The predicted octanol–water partition coefficient (Wildman–Crippen LogP) is 2.29. The Balaban J connectivity index is 1.27. The van der Waals surface area contributed by atoms with Gasteiger partial charge in [-0.25, -0.2) is 18.9 Å². The van der Waals surface area contributed by atoms with Crippen molar-refractivity contribution in [2.75, 3.05) is 18.0 Å². The van der Waals surface area contributed by atoms with E-state index in [4.69, 9.17) is 0 Å². The number of hydrogen-bond acceptors (Lipinski definition) is 7. The second kappa shape index (κ2) is 7.70. The molecule has 1 saturated heterocycles. The van der Waals surface area contributed by atoms with Crippen molar-refractivity contribution in [1.29, 1.82) is 0 Å². The third-order valence-corrected chi connectivity index (χ3v) is 7.46. The Morgan fingerprint density at radius 3 is 2.91 bits per heavy atom. The van der Waals surface area contributed by atoms with Gasteiger partial charge in [-0.15, -0.1) is 5.10 Å². The number of amides is 1. The zero-order chi connectivity index (χ0) is 21.7. The molecule has 1 fully saturated rings. The van der Waals surface area contributed by atoms with Crippen LogP contribution in [0.3, 0.4) is 0 Å². The largest absolute Gasteiger partial charge is 0.352 e. The highest BCUT2D eigenvalue weighted by molar-refractivity contribution is 7.22. The molecular weight excluding hydrogens is 426 g/mol. The van der Waals surface area contributed by atoms with E-state index in [1.807, 2.05) is 12.1 Å². The number of hydrogen-bond donors (Lipinski definition) is 1. The van der Waals surface area contributed by atoms with Crippen LogP contribution in [-0.2, 0) is 17.8 Å². The van der Waals surface area contributed by atoms with Gasteiger partial charge in [0.2, 0.25) is 5.91 Å². The number of aromatic nitrogens is 5. The van der Waals surface area contributed by atoms with Gasteiger partial charge in [0.1, 0.15) is 17.6 Å². The standard InChI is InChI=1S/C22H23N7O2S/c30-17(24-16-9-8-14-6-2-3-7-15(14)16)12-29-22(31)28-13-23-19-18(20(28)26-29)32-21(25-19)27-10-4-1-5-11-27/h2-3,6-7,13,16H,1,4-5,8-12H2,(H,24,30). The van der Waals surface area contributed by atoms with Crippen molar-refractivity contribution in [1.82, 2.24) is 29.5 Å². The highest BCUT2D eigenvalue weighted by Gasteiger charge is 2.24. The summed E-state index contributed by atoms with van der Waals surface area (Å²) < 4.78 is 3.39. The second-order valence-corrected chi connectivity index (χ2v) is 9.41. The van der Waals surface area contributed by atoms with Crippen LogP contribution in [0.15, 0.2) is 35.4 Å². The van der Waals surface area contributed by atoms with Gasteiger partial charge in [-0.05, 0) is 43.2 Å². The molecule has 1 amide bonds. The Morgan fingerprint density at radius 2 is 2.03 bits per heavy atom. The number of thiazole rings is 1. The maximum atomic E-state index is 12.9. The number of nitrogens with zero attached hydrogens (tertiary/aromatic N) is 6. The summed E-state index contributed by atoms with van der Waals surface area (Å²) in [5, 5.41) is 8.45. The average molecular weight is 450 g/mol. The molecule has 3 aromatic heterocycles. The molecule has 0 spiro atoms. The fourth-order valence-electron chi connectivity index (χ4n) is 4.73. The number of aryl methyl sites for hydroxylation is 1. The lowest BCUT2D eigenvalue weighted by Crippen LogP contribution is -2.34. The summed E-state index contributed by atoms with van der Waals surface area (Å²) in [7, 11) is 0. The summed E-state index contributed by atoms with van der Waals surface area (Å²) in [6.45, 7) is 1.85. The zero-order valence-corrected chi connectivity index (χ0v) is 18.3. The molecule has 6 rings (SSSR count). The fourth-order valence-corrected chi connectivity index (χ4v) is 5.78. The average Bonchev–Trinajstić information content (AvgIpc) is 3.51. The number of piperidine rings is 1. The van der Waals surface area contributed by atoms with Gasteiger partial charge < -0.3 is 10.2 Å². The van der Waals surface area contributed by atoms with Crippen molar-refractivity contribution in [3.63, 3.8) is 0 Å². The van der Waals surface area contributed by atoms with Gasteiger partial charge in [0, 0.05) is 13.1 Å². The van der Waals surface area contributed by atoms with Crippen LogP contribution in [0, 0.1) is 0 Å². The summed E-state index contributed by atoms with van der Waals surface area (Å²) in [5.41, 5.74) is 3.14. The Hall–Kier alpha value is -3.27. The number of carbonyl (C=O) groups is 1. The SMILES string of the molecule is O=C(Cn1nc2c3sc(N4CCCCC4)nc3ncn2c1=O)NC1CCc2ccccc21. The molecule has 0 saturated carbocycles. The van der Waals surface area contributed by atoms with E-state index in [0.29, 0.717) is 11.3 Å². The molecule has 1 unspecified atom stereocenters. The first-order chi connectivity index (χ1) is 15.7. The molecule has 0 bridgehead atoms. The molecule has 9 nitrogen and oxygen atoms in total. The fraction of sp³-hybridized carbons (Fsp3) is 0.409. The first-order valence-corrected chi connectivity index (χ1v) is 11.9. The lowest BCUT2D eigenvalue weighted by molar-refractivity contribution is -0.122. The number of rotatable bonds is 4. The predicted molar refractivity (Wildman–Crippen MR) is 122 cm³/mol. The molecule has 164 valence electrons. The van der Waals surface area contributed by atoms with E-state index in [0.717, 1.165) is 54.2 Å². The summed E-state index contributed by atoms with van der Waals surface area (Å²) in [6.07, 6.45) is 6.84. The van der Waals surface area contributed by atoms with Gasteiger partial charge in [0.25, 0.3) is 0 Å². The van der Waals surface area contributed by atoms with Gasteiger partial charge in [-0.1, -0.05) is 35.6 Å². The van der Waals surface area contributed by atoms with Gasteiger partial charge in [0.05, 0.1) is 6.04 Å². The van der Waals surface area contributed by atoms with Crippen molar-refractivity contribution >= 4 is 38.4 Å². The first-order valence-electron chi connectivity index (χ1n) is 11.0. The maximum absolute atomic E-state index is 12.9. The lowest BCUT2D eigenvalue weighted by atomic mass is 10.1. The minimum atomic E-state index is -0.371. The molecule has 1 aliphatic heterocycles. The Kier molecular flexibility index (Phi) is 4.67. The van der Waals surface area contributed by atoms with Crippen molar-refractivity contribution in [2.45, 2.75) is 44.7 Å². The number of fused-ring (bicyclic) bond motifs is 4. The molecule has 1 N–H and O–H groups in total. The van der Waals surface area contributed by atoms with Gasteiger partial charge in [-0.3, -0.25) is 4.79 Å². The van der Waals surface area contributed by atoms with Gasteiger partial charge in [0.15, 0.2) is 16.4 Å². The molecule has 2 aliphatic rings. The Morgan fingerprint density at radius 1 is 1.19 bits per heavy atom. The molecule has 1 aromatic carbocycles. The molecule has 32 heavy (non-hydrogen) atoms. The van der Waals surface area contributed by atoms with E-state index >= 15 is 0 Å². The van der Waals surface area contributed by atoms with Gasteiger partial charge >= 0.3 is 5.69 Å². The van der Waals surface area contributed by atoms with Crippen LogP contribution in [0.1, 0.15) is 42.9 Å². The summed E-state index contributed by atoms with van der Waals surface area (Å²) >= 11 is 1.51. The minimum absolute atomic E-state index is 0.0200. The molecule has 4 aromatic rings. The van der Waals surface area contributed by atoms with E-state index in [1.165, 1.54) is 38.7 Å². The minimum Gasteiger partial charge on any atom is -0.348 e. The van der Waals surface area contributed by atoms with Crippen LogP contribution in [0.2, 0.25) is 0 Å². The van der Waals surface area contributed by atoms with Crippen LogP contribution < -0.4 is 15.9 Å². The number of anilines is 1. The summed E-state index contributed by atoms with van der Waals surface area (Å²) in [6, 6.07) is 8.13. The molecular formula is C22H23N7O2S. The highest BCUT2D eigenvalue weighted by Crippen LogP contribution is 2.32. The lowest BCUT2D eigenvalue weighted by Gasteiger charge is -2.25. The summed E-state index contributed by atoms with van der Waals surface area (Å²) in [4.78, 5) is 36.9. The molecule has 4 heterocycles. The zero-order valence-electron chi connectivity index (χ0n) is 17.5. The van der Waals surface area contributed by atoms with Gasteiger partial charge in [-0.2, -0.15) is 4.98 Å². The molecule has 10 heteroatoms. The molecule has 0 radical (unpaired) electrons. The number of carbonyl (C=O) groups excluding carboxylic acids is 1. The topological polar surface area (TPSA) is 97.4 Å². The summed E-state index contributed by atoms with van der Waals surface area (Å²) in [5.74, 6) is -0.222. The van der Waals surface area contributed by atoms with Crippen molar-refractivity contribution in [3.8, 4) is 0 Å².